The number of nitrogens with zero attached hydrogens (tertiary/aromatic N) is 4. The molecule has 3 aromatic heterocycles. The number of aromatic nitrogens is 4. The van der Waals surface area contributed by atoms with Crippen LogP contribution in [-0.4, -0.2) is 18.6 Å². The van der Waals surface area contributed by atoms with Crippen LogP contribution < -0.4 is 0 Å². The largest absolute Gasteiger partial charge is 0.301 e. The minimum atomic E-state index is -3.24. The van der Waals surface area contributed by atoms with E-state index in [0.29, 0.717) is 10.2 Å². The lowest BCUT2D eigenvalue weighted by Crippen LogP contribution is -2.12. The van der Waals surface area contributed by atoms with Crippen LogP contribution in [0.2, 0.25) is 25.1 Å². The first kappa shape index (κ1) is 55.2. The Kier molecular flexibility index (Phi) is 13.9. The van der Waals surface area contributed by atoms with Crippen LogP contribution in [0.25, 0.3) is 71.7 Å². The quantitative estimate of drug-likeness (QED) is 0.100. The molecule has 0 atom stereocenters. The summed E-state index contributed by atoms with van der Waals surface area (Å²) in [7, 11) is 0. The first-order chi connectivity index (χ1) is 35.4. The van der Waals surface area contributed by atoms with Crippen molar-refractivity contribution < 1.29 is 87.8 Å². The van der Waals surface area contributed by atoms with Crippen LogP contribution >= 0.6 is 93.0 Å². The Bertz CT molecular complexity index is 4060. The van der Waals surface area contributed by atoms with E-state index in [0.717, 1.165) is 0 Å². The molecule has 7 aromatic rings. The standard InChI is InChI=1S/C44H2Cl8F20N4/c45-11-5-2-3-1-4(6-18(53)24(59)30(65)25(60)19(6)54)38(73-3)10(9-22(57)28(63)32(67)29(64)23(9)58)41-7(8-20(55)26(61)31(66)27(62)21(8)56)12(46)42(75(41)44-36(71)34(69)33(68)35(70)37(44)72)16(50)39-13(47)14(48)40(74-39)17(51)43(15(11)49)76(5)52/h1-2H. The van der Waals surface area contributed by atoms with Crippen LogP contribution in [0.3, 0.4) is 0 Å². The van der Waals surface area contributed by atoms with Crippen LogP contribution in [0.5, 0.6) is 0 Å². The van der Waals surface area contributed by atoms with Gasteiger partial charge in [0.1, 0.15) is 17.1 Å². The van der Waals surface area contributed by atoms with Crippen LogP contribution in [0.1, 0.15) is 28.3 Å². The van der Waals surface area contributed by atoms with Gasteiger partial charge in [-0.15, -0.1) is 0 Å². The fourth-order valence-electron chi connectivity index (χ4n) is 7.83. The molecular weight excluding hydrogens is 1250 g/mol. The van der Waals surface area contributed by atoms with Crippen molar-refractivity contribution in [1.82, 2.24) is 18.6 Å². The molecule has 0 saturated heterocycles. The van der Waals surface area contributed by atoms with Gasteiger partial charge in [-0.1, -0.05) is 81.2 Å². The normalized spacial score (nSPS) is 12.8. The fraction of sp³-hybridized carbons (Fsp3) is 0. The summed E-state index contributed by atoms with van der Waals surface area (Å²) >= 11 is 52.4. The van der Waals surface area contributed by atoms with Gasteiger partial charge < -0.3 is 4.57 Å². The van der Waals surface area contributed by atoms with Crippen molar-refractivity contribution in [2.24, 2.45) is 0 Å². The van der Waals surface area contributed by atoms with Crippen LogP contribution in [-0.2, 0) is 0 Å². The van der Waals surface area contributed by atoms with Crippen LogP contribution in [0.4, 0.5) is 87.8 Å². The van der Waals surface area contributed by atoms with Gasteiger partial charge in [0.25, 0.3) is 0 Å². The third kappa shape index (κ3) is 7.58. The molecule has 0 N–H and O–H groups in total. The lowest BCUT2D eigenvalue weighted by Gasteiger charge is -2.19. The second kappa shape index (κ2) is 19.1. The van der Waals surface area contributed by atoms with E-state index in [2.05, 4.69) is 9.97 Å². The summed E-state index contributed by atoms with van der Waals surface area (Å²) in [5, 5.41) is -8.12. The molecule has 5 heterocycles. The molecule has 0 radical (unpaired) electrons. The van der Waals surface area contributed by atoms with E-state index >= 15 is 70.2 Å². The molecule has 9 rings (SSSR count). The van der Waals surface area contributed by atoms with Crippen molar-refractivity contribution >= 4 is 137 Å². The summed E-state index contributed by atoms with van der Waals surface area (Å²) in [5.74, 6) is -62.3. The molecule has 32 heteroatoms. The number of fused-ring (bicyclic) bond motifs is 8. The monoisotopic (exact) mass is 1250 g/mol. The Balaban J connectivity index is 1.83. The van der Waals surface area contributed by atoms with E-state index in [-0.39, 0.29) is 6.08 Å². The second-order valence-electron chi connectivity index (χ2n) is 15.1. The summed E-state index contributed by atoms with van der Waals surface area (Å²) in [6, 6.07) is 0.436. The van der Waals surface area contributed by atoms with Crippen molar-refractivity contribution in [1.29, 1.82) is 0 Å². The average Bonchev–Trinajstić information content (AvgIpc) is 4.18. The zero-order valence-electron chi connectivity index (χ0n) is 34.5. The van der Waals surface area contributed by atoms with Gasteiger partial charge >= 0.3 is 0 Å². The highest BCUT2D eigenvalue weighted by Gasteiger charge is 2.42. The van der Waals surface area contributed by atoms with Gasteiger partial charge in [-0.3, -0.25) is 0 Å². The molecule has 8 bridgehead atoms. The topological polar surface area (TPSA) is 35.6 Å². The Labute approximate surface area is 444 Å². The summed E-state index contributed by atoms with van der Waals surface area (Å²) in [6.07, 6.45) is 0.0729. The number of halogens is 28. The van der Waals surface area contributed by atoms with Crippen molar-refractivity contribution in [2.75, 3.05) is 0 Å². The molecule has 0 aliphatic carbocycles. The molecule has 0 fully saturated rings. The van der Waals surface area contributed by atoms with E-state index in [1.54, 1.807) is 0 Å². The molecule has 0 saturated carbocycles. The summed E-state index contributed by atoms with van der Waals surface area (Å²) in [6.45, 7) is 0. The van der Waals surface area contributed by atoms with Crippen LogP contribution in [0, 0.1) is 116 Å². The lowest BCUT2D eigenvalue weighted by atomic mass is 9.91. The van der Waals surface area contributed by atoms with Gasteiger partial charge in [-0.2, -0.15) is 0 Å². The SMILES string of the molecule is Fc1c(F)c(F)c(C2=Cc3cc4c(Cl)c(Cl)c(c(Cl)c5nc(c(Cl)c6c(Cl)c(-c7c(F)c(F)c(F)c(F)c7F)c(c(-c7c(F)c(F)c(F)c(F)c7F)c2n3)n6-c2c(F)c(F)c(F)c(F)c2F)C(Cl)=C5Cl)n4Cl)c(F)c1F. The van der Waals surface area contributed by atoms with E-state index in [4.69, 9.17) is 93.0 Å². The fourth-order valence-corrected chi connectivity index (χ4v) is 10.4. The molecule has 4 nitrogen and oxygen atoms in total. The maximum atomic E-state index is 16.9. The highest BCUT2D eigenvalue weighted by Crippen LogP contribution is 2.54. The zero-order valence-corrected chi connectivity index (χ0v) is 40.6. The summed E-state index contributed by atoms with van der Waals surface area (Å²) < 4.78 is 316. The summed E-state index contributed by atoms with van der Waals surface area (Å²) in [4.78, 5) is 7.69. The first-order valence-electron chi connectivity index (χ1n) is 19.2. The van der Waals surface area contributed by atoms with E-state index in [1.807, 2.05) is 0 Å². The van der Waals surface area contributed by atoms with Crippen LogP contribution in [0.15, 0.2) is 6.07 Å². The molecule has 0 amide bonds. The Morgan fingerprint density at radius 1 is 0.316 bits per heavy atom. The van der Waals surface area contributed by atoms with Gasteiger partial charge in [-0.25, -0.2) is 102 Å². The van der Waals surface area contributed by atoms with Gasteiger partial charge in [0.15, 0.2) is 93.1 Å². The van der Waals surface area contributed by atoms with Crippen molar-refractivity contribution in [2.45, 2.75) is 0 Å². The van der Waals surface area contributed by atoms with E-state index in [9.17, 15) is 17.6 Å². The highest BCUT2D eigenvalue weighted by atomic mass is 35.5. The lowest BCUT2D eigenvalue weighted by molar-refractivity contribution is 0.376. The molecule has 0 spiro atoms. The average molecular weight is 1250 g/mol. The highest BCUT2D eigenvalue weighted by molar-refractivity contribution is 6.67. The Morgan fingerprint density at radius 3 is 1.09 bits per heavy atom. The van der Waals surface area contributed by atoms with Gasteiger partial charge in [-0.05, 0) is 12.1 Å². The third-order valence-electron chi connectivity index (χ3n) is 11.2. The van der Waals surface area contributed by atoms with Gasteiger partial charge in [0.2, 0.25) is 23.3 Å². The van der Waals surface area contributed by atoms with Crippen molar-refractivity contribution in [3.05, 3.63) is 176 Å². The number of hydrogen-bond acceptors (Lipinski definition) is 2. The first-order valence-corrected chi connectivity index (χ1v) is 22.2. The Morgan fingerprint density at radius 2 is 0.671 bits per heavy atom. The predicted molar refractivity (Wildman–Crippen MR) is 238 cm³/mol. The maximum absolute atomic E-state index is 16.9. The number of benzene rings is 4. The smallest absolute Gasteiger partial charge is 0.200 e. The minimum Gasteiger partial charge on any atom is -0.301 e. The maximum Gasteiger partial charge on any atom is 0.200 e. The molecule has 4 aromatic carbocycles. The molecule has 0 unspecified atom stereocenters. The molecule has 2 aliphatic heterocycles. The Hall–Kier alpha value is -5.60. The van der Waals surface area contributed by atoms with Crippen molar-refractivity contribution in [3.8, 4) is 27.9 Å². The molecule has 394 valence electrons. The number of rotatable bonds is 4. The van der Waals surface area contributed by atoms with Crippen molar-refractivity contribution in [3.63, 3.8) is 0 Å². The zero-order chi connectivity index (χ0) is 56.2. The molecule has 76 heavy (non-hydrogen) atoms. The summed E-state index contributed by atoms with van der Waals surface area (Å²) in [5.41, 5.74) is -29.0. The van der Waals surface area contributed by atoms with E-state index < -0.39 is 240 Å². The number of hydrogen-bond donors (Lipinski definition) is 0. The minimum absolute atomic E-state index is 0.0729. The van der Waals surface area contributed by atoms with Gasteiger partial charge in [0, 0.05) is 28.5 Å². The predicted octanol–water partition coefficient (Wildman–Crippen LogP) is 18.5. The molecular formula is C44H2Cl8F20N4. The molecule has 2 aliphatic rings. The van der Waals surface area contributed by atoms with E-state index in [1.165, 1.54) is 0 Å². The van der Waals surface area contributed by atoms with Gasteiger partial charge in [0.05, 0.1) is 85.3 Å². The third-order valence-corrected chi connectivity index (χ3v) is 14.3. The second-order valence-corrected chi connectivity index (χ2v) is 18.1.